The summed E-state index contributed by atoms with van der Waals surface area (Å²) in [5.74, 6) is 1.22. The van der Waals surface area contributed by atoms with Crippen molar-refractivity contribution in [3.05, 3.63) is 23.8 Å². The molecule has 0 atom stereocenters. The number of ether oxygens (including phenoxy) is 2. The molecule has 0 fully saturated rings. The second-order valence-corrected chi connectivity index (χ2v) is 6.86. The summed E-state index contributed by atoms with van der Waals surface area (Å²) in [6.07, 6.45) is -0.398. The van der Waals surface area contributed by atoms with E-state index in [0.29, 0.717) is 12.4 Å². The molecule has 6 heteroatoms. The number of carbonyl (C=O) groups is 1. The highest BCUT2D eigenvalue weighted by Gasteiger charge is 2.18. The quantitative estimate of drug-likeness (QED) is 0.821. The van der Waals surface area contributed by atoms with Gasteiger partial charge in [-0.2, -0.15) is 0 Å². The Kier molecular flexibility index (Phi) is 8.42. The van der Waals surface area contributed by atoms with Crippen molar-refractivity contribution in [3.63, 3.8) is 0 Å². The number of benzene rings is 1. The zero-order valence-corrected chi connectivity index (χ0v) is 16.0. The Labute approximate surface area is 146 Å². The molecule has 0 saturated carbocycles. The van der Waals surface area contributed by atoms with Crippen LogP contribution in [0.25, 0.3) is 0 Å². The Morgan fingerprint density at radius 3 is 2.09 bits per heavy atom. The molecule has 1 amide bonds. The summed E-state index contributed by atoms with van der Waals surface area (Å²) < 4.78 is 11.2. The van der Waals surface area contributed by atoms with Crippen molar-refractivity contribution in [3.8, 4) is 11.5 Å². The van der Waals surface area contributed by atoms with E-state index in [4.69, 9.17) is 9.47 Å². The van der Waals surface area contributed by atoms with Crippen LogP contribution >= 0.6 is 12.4 Å². The minimum Gasteiger partial charge on any atom is -0.492 e. The van der Waals surface area contributed by atoms with Crippen LogP contribution < -0.4 is 9.47 Å². The average Bonchev–Trinajstić information content (AvgIpc) is 2.36. The van der Waals surface area contributed by atoms with Crippen molar-refractivity contribution in [2.24, 2.45) is 0 Å². The number of likely N-dealkylation sites (N-methyl/N-ethyl adjacent to an activating group) is 1. The van der Waals surface area contributed by atoms with Crippen molar-refractivity contribution in [2.75, 3.05) is 41.3 Å². The summed E-state index contributed by atoms with van der Waals surface area (Å²) in [7, 11) is 7.31. The molecule has 0 bridgehead atoms. The van der Waals surface area contributed by atoms with Crippen molar-refractivity contribution >= 4 is 18.5 Å². The number of carbonyl (C=O) groups excluding carboxylic acids is 1. The van der Waals surface area contributed by atoms with E-state index in [2.05, 4.69) is 25.7 Å². The van der Waals surface area contributed by atoms with E-state index >= 15 is 0 Å². The first-order valence-electron chi connectivity index (χ1n) is 7.42. The monoisotopic (exact) mass is 344 g/mol. The number of amides is 1. The number of rotatable bonds is 5. The van der Waals surface area contributed by atoms with Gasteiger partial charge in [0.2, 0.25) is 0 Å². The molecule has 0 N–H and O–H groups in total. The lowest BCUT2D eigenvalue weighted by Crippen LogP contribution is -2.25. The van der Waals surface area contributed by atoms with E-state index in [1.54, 1.807) is 20.2 Å². The molecule has 1 rings (SSSR count). The second-order valence-electron chi connectivity index (χ2n) is 6.86. The van der Waals surface area contributed by atoms with Gasteiger partial charge in [-0.1, -0.05) is 20.8 Å². The lowest BCUT2D eigenvalue weighted by Gasteiger charge is -2.22. The van der Waals surface area contributed by atoms with Gasteiger partial charge in [0, 0.05) is 26.7 Å². The molecule has 0 aliphatic heterocycles. The molecule has 1 aromatic rings. The Bertz CT molecular complexity index is 511. The Morgan fingerprint density at radius 1 is 1.04 bits per heavy atom. The third kappa shape index (κ3) is 7.57. The van der Waals surface area contributed by atoms with Gasteiger partial charge in [-0.3, -0.25) is 0 Å². The molecule has 5 nitrogen and oxygen atoms in total. The molecule has 0 aromatic heterocycles. The van der Waals surface area contributed by atoms with Gasteiger partial charge >= 0.3 is 6.09 Å². The van der Waals surface area contributed by atoms with E-state index in [1.165, 1.54) is 4.90 Å². The minimum absolute atomic E-state index is 0. The summed E-state index contributed by atoms with van der Waals surface area (Å²) in [5.41, 5.74) is 1.01. The third-order valence-corrected chi connectivity index (χ3v) is 3.12. The van der Waals surface area contributed by atoms with Crippen LogP contribution in [0.5, 0.6) is 11.5 Å². The normalized spacial score (nSPS) is 11.0. The van der Waals surface area contributed by atoms with Gasteiger partial charge in [0.05, 0.1) is 0 Å². The first-order chi connectivity index (χ1) is 10.1. The SMILES string of the molecule is CN(C)CCOc1cc(OC(=O)N(C)C)cc(C(C)(C)C)c1.Cl. The van der Waals surface area contributed by atoms with Gasteiger partial charge in [0.25, 0.3) is 0 Å². The van der Waals surface area contributed by atoms with Gasteiger partial charge in [-0.15, -0.1) is 12.4 Å². The van der Waals surface area contributed by atoms with Gasteiger partial charge in [-0.25, -0.2) is 4.79 Å². The maximum Gasteiger partial charge on any atom is 0.414 e. The van der Waals surface area contributed by atoms with Crippen LogP contribution in [0.2, 0.25) is 0 Å². The van der Waals surface area contributed by atoms with E-state index in [0.717, 1.165) is 17.9 Å². The molecule has 0 spiro atoms. The number of hydrogen-bond acceptors (Lipinski definition) is 4. The maximum atomic E-state index is 11.7. The van der Waals surface area contributed by atoms with Crippen molar-refractivity contribution in [1.82, 2.24) is 9.80 Å². The van der Waals surface area contributed by atoms with Crippen molar-refractivity contribution in [2.45, 2.75) is 26.2 Å². The van der Waals surface area contributed by atoms with Crippen LogP contribution in [-0.2, 0) is 5.41 Å². The zero-order chi connectivity index (χ0) is 16.9. The molecule has 132 valence electrons. The zero-order valence-electron chi connectivity index (χ0n) is 15.2. The second kappa shape index (κ2) is 8.99. The highest BCUT2D eigenvalue weighted by atomic mass is 35.5. The largest absolute Gasteiger partial charge is 0.492 e. The summed E-state index contributed by atoms with van der Waals surface area (Å²) in [5, 5.41) is 0. The minimum atomic E-state index is -0.398. The van der Waals surface area contributed by atoms with Crippen LogP contribution in [0.15, 0.2) is 18.2 Å². The van der Waals surface area contributed by atoms with Gasteiger partial charge in [-0.05, 0) is 37.2 Å². The van der Waals surface area contributed by atoms with Crippen molar-refractivity contribution < 1.29 is 14.3 Å². The van der Waals surface area contributed by atoms with E-state index in [9.17, 15) is 4.79 Å². The lowest BCUT2D eigenvalue weighted by atomic mass is 9.87. The topological polar surface area (TPSA) is 42.0 Å². The first kappa shape index (κ1) is 21.5. The van der Waals surface area contributed by atoms with Gasteiger partial charge in [0.15, 0.2) is 0 Å². The van der Waals surface area contributed by atoms with Crippen LogP contribution in [0.3, 0.4) is 0 Å². The molecule has 23 heavy (non-hydrogen) atoms. The van der Waals surface area contributed by atoms with Gasteiger partial charge in [0.1, 0.15) is 18.1 Å². The molecule has 0 aliphatic carbocycles. The first-order valence-corrected chi connectivity index (χ1v) is 7.42. The summed E-state index contributed by atoms with van der Waals surface area (Å²) >= 11 is 0. The Morgan fingerprint density at radius 2 is 1.61 bits per heavy atom. The summed E-state index contributed by atoms with van der Waals surface area (Å²) in [4.78, 5) is 15.2. The van der Waals surface area contributed by atoms with Crippen LogP contribution in [-0.4, -0.2) is 57.2 Å². The standard InChI is InChI=1S/C17H28N2O3.ClH/c1-17(2,3)13-10-14(21-9-8-18(4)5)12-15(11-13)22-16(20)19(6)7;/h10-12H,8-9H2,1-7H3;1H. The molecule has 1 aromatic carbocycles. The van der Waals surface area contributed by atoms with Gasteiger partial charge < -0.3 is 19.3 Å². The van der Waals surface area contributed by atoms with Crippen molar-refractivity contribution in [1.29, 1.82) is 0 Å². The van der Waals surface area contributed by atoms with Crippen LogP contribution in [0, 0.1) is 0 Å². The Hall–Kier alpha value is -1.46. The molecule has 0 saturated heterocycles. The summed E-state index contributed by atoms with van der Waals surface area (Å²) in [6, 6.07) is 5.65. The number of halogens is 1. The highest BCUT2D eigenvalue weighted by molar-refractivity contribution is 5.85. The highest BCUT2D eigenvalue weighted by Crippen LogP contribution is 2.31. The van der Waals surface area contributed by atoms with E-state index in [-0.39, 0.29) is 17.8 Å². The third-order valence-electron chi connectivity index (χ3n) is 3.12. The molecule has 0 aliphatic rings. The van der Waals surface area contributed by atoms with Crippen LogP contribution in [0.1, 0.15) is 26.3 Å². The maximum absolute atomic E-state index is 11.7. The molecule has 0 radical (unpaired) electrons. The fourth-order valence-corrected chi connectivity index (χ4v) is 1.69. The number of nitrogens with zero attached hydrogens (tertiary/aromatic N) is 2. The smallest absolute Gasteiger partial charge is 0.414 e. The predicted octanol–water partition coefficient (Wildman–Crippen LogP) is 3.41. The molecular formula is C17H29ClN2O3. The fraction of sp³-hybridized carbons (Fsp3) is 0.588. The molecule has 0 heterocycles. The fourth-order valence-electron chi connectivity index (χ4n) is 1.69. The average molecular weight is 345 g/mol. The predicted molar refractivity (Wildman–Crippen MR) is 96.2 cm³/mol. The number of hydrogen-bond donors (Lipinski definition) is 0. The Balaban J connectivity index is 0.00000484. The van der Waals surface area contributed by atoms with Crippen LogP contribution in [0.4, 0.5) is 4.79 Å². The lowest BCUT2D eigenvalue weighted by molar-refractivity contribution is 0.171. The molecule has 0 unspecified atom stereocenters. The van der Waals surface area contributed by atoms with E-state index < -0.39 is 6.09 Å². The summed E-state index contributed by atoms with van der Waals surface area (Å²) in [6.45, 7) is 7.75. The van der Waals surface area contributed by atoms with E-state index in [1.807, 2.05) is 26.2 Å². The molecular weight excluding hydrogens is 316 g/mol.